The van der Waals surface area contributed by atoms with E-state index in [9.17, 15) is 9.90 Å². The molecule has 0 bridgehead atoms. The van der Waals surface area contributed by atoms with E-state index in [-0.39, 0.29) is 18.4 Å². The molecule has 2 atom stereocenters. The second kappa shape index (κ2) is 9.80. The highest BCUT2D eigenvalue weighted by Crippen LogP contribution is 2.34. The zero-order valence-corrected chi connectivity index (χ0v) is 19.9. The number of aryl methyl sites for hydroxylation is 1. The number of anilines is 1. The minimum Gasteiger partial charge on any atom is -0.497 e. The number of para-hydroxylation sites is 3. The quantitative estimate of drug-likeness (QED) is 0.414. The minimum atomic E-state index is -0.752. The minimum absolute atomic E-state index is 0.0655. The lowest BCUT2D eigenvalue weighted by molar-refractivity contribution is -0.117. The van der Waals surface area contributed by atoms with Crippen molar-refractivity contribution in [1.82, 2.24) is 9.55 Å². The molecule has 1 aliphatic rings. The lowest BCUT2D eigenvalue weighted by Crippen LogP contribution is -2.27. The maximum absolute atomic E-state index is 13.0. The number of benzene rings is 3. The van der Waals surface area contributed by atoms with Gasteiger partial charge in [-0.05, 0) is 55.0 Å². The van der Waals surface area contributed by atoms with Crippen molar-refractivity contribution in [2.75, 3.05) is 25.2 Å². The zero-order chi connectivity index (χ0) is 24.4. The lowest BCUT2D eigenvalue weighted by Gasteiger charge is -2.20. The standard InChI is InChI=1S/C28H29N3O4/c1-19-7-3-5-9-25(19)30-16-20(15-27(30)33)28-29-24-8-4-6-10-26(24)31(28)17-21(32)18-35-23-13-11-22(34-2)12-14-23/h3-14,20-21,32H,15-18H2,1-2H3/t20-,21-/m0/s1. The Morgan fingerprint density at radius 3 is 2.51 bits per heavy atom. The Balaban J connectivity index is 1.36. The van der Waals surface area contributed by atoms with E-state index >= 15 is 0 Å². The number of carbonyl (C=O) groups is 1. The van der Waals surface area contributed by atoms with Crippen LogP contribution in [0.4, 0.5) is 5.69 Å². The van der Waals surface area contributed by atoms with Gasteiger partial charge in [-0.3, -0.25) is 4.79 Å². The Labute approximate surface area is 204 Å². The van der Waals surface area contributed by atoms with E-state index < -0.39 is 6.10 Å². The largest absolute Gasteiger partial charge is 0.497 e. The van der Waals surface area contributed by atoms with Crippen LogP contribution >= 0.6 is 0 Å². The second-order valence-electron chi connectivity index (χ2n) is 8.90. The molecule has 1 N–H and O–H groups in total. The topological polar surface area (TPSA) is 76.8 Å². The fourth-order valence-corrected chi connectivity index (χ4v) is 4.71. The monoisotopic (exact) mass is 471 g/mol. The normalized spacial score (nSPS) is 16.6. The Morgan fingerprint density at radius 1 is 1.03 bits per heavy atom. The van der Waals surface area contributed by atoms with Gasteiger partial charge in [0.15, 0.2) is 0 Å². The van der Waals surface area contributed by atoms with Crippen molar-refractivity contribution >= 4 is 22.6 Å². The molecule has 1 aliphatic heterocycles. The first kappa shape index (κ1) is 22.9. The number of aliphatic hydroxyl groups is 1. The fraction of sp³-hybridized carbons (Fsp3) is 0.286. The summed E-state index contributed by atoms with van der Waals surface area (Å²) in [5, 5.41) is 10.9. The van der Waals surface area contributed by atoms with Gasteiger partial charge in [0.2, 0.25) is 5.91 Å². The number of imidazole rings is 1. The van der Waals surface area contributed by atoms with E-state index in [2.05, 4.69) is 0 Å². The molecule has 1 fully saturated rings. The van der Waals surface area contributed by atoms with E-state index in [4.69, 9.17) is 14.5 Å². The van der Waals surface area contributed by atoms with Crippen molar-refractivity contribution in [1.29, 1.82) is 0 Å². The highest BCUT2D eigenvalue weighted by atomic mass is 16.5. The summed E-state index contributed by atoms with van der Waals surface area (Å²) in [5.74, 6) is 2.25. The first-order valence-corrected chi connectivity index (χ1v) is 11.8. The fourth-order valence-electron chi connectivity index (χ4n) is 4.71. The number of fused-ring (bicyclic) bond motifs is 1. The average Bonchev–Trinajstić information content (AvgIpc) is 3.44. The molecule has 7 nitrogen and oxygen atoms in total. The molecule has 1 saturated heterocycles. The Kier molecular flexibility index (Phi) is 6.42. The molecule has 0 unspecified atom stereocenters. The van der Waals surface area contributed by atoms with Gasteiger partial charge >= 0.3 is 0 Å². The molecule has 2 heterocycles. The maximum Gasteiger partial charge on any atom is 0.227 e. The van der Waals surface area contributed by atoms with Gasteiger partial charge in [-0.25, -0.2) is 4.98 Å². The van der Waals surface area contributed by atoms with Gasteiger partial charge in [0, 0.05) is 24.6 Å². The Bertz CT molecular complexity index is 1330. The third-order valence-corrected chi connectivity index (χ3v) is 6.48. The summed E-state index contributed by atoms with van der Waals surface area (Å²) in [6.07, 6.45) is -0.367. The molecule has 1 amide bonds. The molecule has 3 aromatic carbocycles. The Hall–Kier alpha value is -3.84. The van der Waals surface area contributed by atoms with E-state index in [0.717, 1.165) is 33.9 Å². The van der Waals surface area contributed by atoms with Crippen LogP contribution in [-0.4, -0.2) is 46.9 Å². The van der Waals surface area contributed by atoms with Gasteiger partial charge in [0.05, 0.1) is 24.7 Å². The van der Waals surface area contributed by atoms with Crippen molar-refractivity contribution < 1.29 is 19.4 Å². The van der Waals surface area contributed by atoms with Crippen LogP contribution in [0.25, 0.3) is 11.0 Å². The molecular weight excluding hydrogens is 442 g/mol. The van der Waals surface area contributed by atoms with E-state index in [1.165, 1.54) is 0 Å². The van der Waals surface area contributed by atoms with Gasteiger partial charge in [-0.15, -0.1) is 0 Å². The summed E-state index contributed by atoms with van der Waals surface area (Å²) in [7, 11) is 1.62. The van der Waals surface area contributed by atoms with E-state index in [1.807, 2.05) is 89.2 Å². The number of hydrogen-bond acceptors (Lipinski definition) is 5. The number of carbonyl (C=O) groups excluding carboxylic acids is 1. The summed E-state index contributed by atoms with van der Waals surface area (Å²) in [4.78, 5) is 19.7. The van der Waals surface area contributed by atoms with Gasteiger partial charge in [0.25, 0.3) is 0 Å². The van der Waals surface area contributed by atoms with Crippen LogP contribution in [0.1, 0.15) is 23.7 Å². The number of methoxy groups -OCH3 is 1. The van der Waals surface area contributed by atoms with Crippen LogP contribution in [0.15, 0.2) is 72.8 Å². The van der Waals surface area contributed by atoms with Crippen LogP contribution in [0.5, 0.6) is 11.5 Å². The molecule has 35 heavy (non-hydrogen) atoms. The van der Waals surface area contributed by atoms with Crippen LogP contribution in [0.3, 0.4) is 0 Å². The highest BCUT2D eigenvalue weighted by molar-refractivity contribution is 5.97. The number of amides is 1. The van der Waals surface area contributed by atoms with Crippen molar-refractivity contribution in [2.45, 2.75) is 31.9 Å². The molecule has 0 spiro atoms. The van der Waals surface area contributed by atoms with Crippen LogP contribution in [0.2, 0.25) is 0 Å². The van der Waals surface area contributed by atoms with Gasteiger partial charge in [-0.2, -0.15) is 0 Å². The number of ether oxygens (including phenoxy) is 2. The van der Waals surface area contributed by atoms with Crippen molar-refractivity contribution in [3.8, 4) is 11.5 Å². The highest BCUT2D eigenvalue weighted by Gasteiger charge is 2.35. The van der Waals surface area contributed by atoms with Crippen molar-refractivity contribution in [3.05, 3.63) is 84.2 Å². The predicted molar refractivity (Wildman–Crippen MR) is 135 cm³/mol. The molecule has 4 aromatic rings. The average molecular weight is 472 g/mol. The van der Waals surface area contributed by atoms with Gasteiger partial charge < -0.3 is 24.0 Å². The smallest absolute Gasteiger partial charge is 0.227 e. The summed E-state index contributed by atoms with van der Waals surface area (Å²) in [5.41, 5.74) is 3.80. The van der Waals surface area contributed by atoms with Gasteiger partial charge in [-0.1, -0.05) is 30.3 Å². The van der Waals surface area contributed by atoms with Gasteiger partial charge in [0.1, 0.15) is 30.0 Å². The third kappa shape index (κ3) is 4.72. The number of rotatable bonds is 8. The summed E-state index contributed by atoms with van der Waals surface area (Å²) in [6, 6.07) is 23.1. The summed E-state index contributed by atoms with van der Waals surface area (Å²) < 4.78 is 13.0. The predicted octanol–water partition coefficient (Wildman–Crippen LogP) is 4.31. The molecule has 180 valence electrons. The molecule has 1 aromatic heterocycles. The van der Waals surface area contributed by atoms with E-state index in [1.54, 1.807) is 7.11 Å². The number of aliphatic hydroxyl groups excluding tert-OH is 1. The van der Waals surface area contributed by atoms with E-state index in [0.29, 0.717) is 25.3 Å². The number of hydrogen-bond donors (Lipinski definition) is 1. The van der Waals surface area contributed by atoms with Crippen LogP contribution in [0, 0.1) is 6.92 Å². The third-order valence-electron chi connectivity index (χ3n) is 6.48. The SMILES string of the molecule is COc1ccc(OC[C@@H](O)Cn2c([C@H]3CC(=O)N(c4ccccc4C)C3)nc3ccccc32)cc1. The van der Waals surface area contributed by atoms with Crippen LogP contribution < -0.4 is 14.4 Å². The number of aromatic nitrogens is 2. The molecule has 0 aliphatic carbocycles. The molecule has 7 heteroatoms. The first-order valence-electron chi connectivity index (χ1n) is 11.8. The molecule has 0 radical (unpaired) electrons. The molecule has 5 rings (SSSR count). The summed E-state index contributed by atoms with van der Waals surface area (Å²) in [6.45, 7) is 3.04. The molecule has 0 saturated carbocycles. The lowest BCUT2D eigenvalue weighted by atomic mass is 10.1. The van der Waals surface area contributed by atoms with Crippen LogP contribution in [-0.2, 0) is 11.3 Å². The second-order valence-corrected chi connectivity index (χ2v) is 8.90. The number of nitrogens with zero attached hydrogens (tertiary/aromatic N) is 3. The Morgan fingerprint density at radius 2 is 1.74 bits per heavy atom. The van der Waals surface area contributed by atoms with Crippen molar-refractivity contribution in [2.24, 2.45) is 0 Å². The first-order chi connectivity index (χ1) is 17.0. The van der Waals surface area contributed by atoms with Crippen molar-refractivity contribution in [3.63, 3.8) is 0 Å². The molecular formula is C28H29N3O4. The summed E-state index contributed by atoms with van der Waals surface area (Å²) >= 11 is 0. The zero-order valence-electron chi connectivity index (χ0n) is 19.9. The maximum atomic E-state index is 13.0.